The van der Waals surface area contributed by atoms with E-state index in [4.69, 9.17) is 5.73 Å². The highest BCUT2D eigenvalue weighted by molar-refractivity contribution is 7.81. The monoisotopic (exact) mass is 252 g/mol. The van der Waals surface area contributed by atoms with Gasteiger partial charge in [-0.05, 0) is 11.5 Å². The van der Waals surface area contributed by atoms with Crippen LogP contribution in [-0.4, -0.2) is 11.6 Å². The third-order valence-electron chi connectivity index (χ3n) is 2.19. The lowest BCUT2D eigenvalue weighted by molar-refractivity contribution is 1.48. The van der Waals surface area contributed by atoms with Crippen LogP contribution in [0.25, 0.3) is 10.8 Å². The lowest BCUT2D eigenvalue weighted by atomic mass is 10.1. The Bertz CT molecular complexity index is 506. The SMILES string of the molecule is Cl.NC(CS)=Nc1cccc2ccccc12. The van der Waals surface area contributed by atoms with E-state index in [0.29, 0.717) is 11.6 Å². The highest BCUT2D eigenvalue weighted by Crippen LogP contribution is 2.25. The maximum absolute atomic E-state index is 5.67. The van der Waals surface area contributed by atoms with Crippen LogP contribution in [0.1, 0.15) is 0 Å². The normalized spacial score (nSPS) is 11.2. The first-order valence-electron chi connectivity index (χ1n) is 4.73. The first-order chi connectivity index (χ1) is 7.31. The molecule has 0 saturated heterocycles. The molecule has 2 aromatic carbocycles. The van der Waals surface area contributed by atoms with E-state index in [9.17, 15) is 0 Å². The van der Waals surface area contributed by atoms with Gasteiger partial charge >= 0.3 is 0 Å². The maximum Gasteiger partial charge on any atom is 0.109 e. The summed E-state index contributed by atoms with van der Waals surface area (Å²) >= 11 is 4.08. The fourth-order valence-electron chi connectivity index (χ4n) is 1.50. The van der Waals surface area contributed by atoms with Gasteiger partial charge in [0.15, 0.2) is 0 Å². The molecule has 0 bridgehead atoms. The molecule has 2 N–H and O–H groups in total. The predicted molar refractivity (Wildman–Crippen MR) is 76.3 cm³/mol. The van der Waals surface area contributed by atoms with Gasteiger partial charge in [-0.2, -0.15) is 12.6 Å². The minimum Gasteiger partial charge on any atom is -0.386 e. The van der Waals surface area contributed by atoms with Crippen LogP contribution in [0.15, 0.2) is 47.5 Å². The second-order valence-corrected chi connectivity index (χ2v) is 3.58. The lowest BCUT2D eigenvalue weighted by Crippen LogP contribution is -2.12. The van der Waals surface area contributed by atoms with Crippen LogP contribution in [0.2, 0.25) is 0 Å². The first kappa shape index (κ1) is 12.9. The Morgan fingerprint density at radius 2 is 1.81 bits per heavy atom. The molecule has 0 radical (unpaired) electrons. The Balaban J connectivity index is 0.00000128. The Morgan fingerprint density at radius 1 is 1.12 bits per heavy atom. The summed E-state index contributed by atoms with van der Waals surface area (Å²) in [6.45, 7) is 0. The van der Waals surface area contributed by atoms with E-state index < -0.39 is 0 Å². The summed E-state index contributed by atoms with van der Waals surface area (Å²) in [4.78, 5) is 4.32. The van der Waals surface area contributed by atoms with Gasteiger partial charge in [-0.1, -0.05) is 36.4 Å². The molecule has 2 rings (SSSR count). The van der Waals surface area contributed by atoms with Gasteiger partial charge < -0.3 is 5.73 Å². The van der Waals surface area contributed by atoms with Crippen molar-refractivity contribution in [3.8, 4) is 0 Å². The van der Waals surface area contributed by atoms with Crippen molar-refractivity contribution in [2.45, 2.75) is 0 Å². The molecular weight excluding hydrogens is 240 g/mol. The molecule has 0 aliphatic rings. The van der Waals surface area contributed by atoms with E-state index in [1.54, 1.807) is 0 Å². The third-order valence-corrected chi connectivity index (χ3v) is 2.52. The van der Waals surface area contributed by atoms with Crippen molar-refractivity contribution in [1.82, 2.24) is 0 Å². The molecule has 0 unspecified atom stereocenters. The molecule has 2 nitrogen and oxygen atoms in total. The van der Waals surface area contributed by atoms with Crippen molar-refractivity contribution in [3.63, 3.8) is 0 Å². The number of nitrogens with two attached hydrogens (primary N) is 1. The Labute approximate surface area is 106 Å². The number of fused-ring (bicyclic) bond motifs is 1. The molecule has 0 aliphatic heterocycles. The summed E-state index contributed by atoms with van der Waals surface area (Å²) in [5.74, 6) is 1.01. The van der Waals surface area contributed by atoms with E-state index in [1.807, 2.05) is 30.3 Å². The van der Waals surface area contributed by atoms with Crippen LogP contribution < -0.4 is 5.73 Å². The van der Waals surface area contributed by atoms with Gasteiger partial charge in [0, 0.05) is 11.1 Å². The minimum atomic E-state index is 0. The van der Waals surface area contributed by atoms with E-state index in [1.165, 1.54) is 5.39 Å². The molecule has 0 amide bonds. The van der Waals surface area contributed by atoms with Gasteiger partial charge in [0.2, 0.25) is 0 Å². The molecule has 0 aliphatic carbocycles. The van der Waals surface area contributed by atoms with E-state index >= 15 is 0 Å². The lowest BCUT2D eigenvalue weighted by Gasteiger charge is -2.02. The Kier molecular flexibility index (Phi) is 4.65. The van der Waals surface area contributed by atoms with Crippen LogP contribution in [-0.2, 0) is 0 Å². The number of aliphatic imine (C=N–C) groups is 1. The van der Waals surface area contributed by atoms with E-state index in [2.05, 4.69) is 29.8 Å². The zero-order chi connectivity index (χ0) is 10.7. The van der Waals surface area contributed by atoms with E-state index in [0.717, 1.165) is 11.1 Å². The van der Waals surface area contributed by atoms with Gasteiger partial charge in [0.1, 0.15) is 5.84 Å². The Morgan fingerprint density at radius 3 is 2.56 bits per heavy atom. The summed E-state index contributed by atoms with van der Waals surface area (Å²) in [5.41, 5.74) is 6.57. The Hall–Kier alpha value is -1.19. The summed E-state index contributed by atoms with van der Waals surface area (Å²) in [7, 11) is 0. The smallest absolute Gasteiger partial charge is 0.109 e. The number of hydrogen-bond donors (Lipinski definition) is 2. The average Bonchev–Trinajstić information content (AvgIpc) is 2.29. The molecule has 84 valence electrons. The minimum absolute atomic E-state index is 0. The van der Waals surface area contributed by atoms with Gasteiger partial charge in [0.25, 0.3) is 0 Å². The van der Waals surface area contributed by atoms with Crippen molar-refractivity contribution >= 4 is 47.3 Å². The molecule has 16 heavy (non-hydrogen) atoms. The fourth-order valence-corrected chi connectivity index (χ4v) is 1.57. The highest BCUT2D eigenvalue weighted by atomic mass is 35.5. The molecule has 4 heteroatoms. The fraction of sp³-hybridized carbons (Fsp3) is 0.0833. The standard InChI is InChI=1S/C12H12N2S.ClH/c13-12(8-15)14-11-7-3-5-9-4-1-2-6-10(9)11;/h1-7,15H,8H2,(H2,13,14);1H. The number of rotatable bonds is 2. The van der Waals surface area contributed by atoms with Crippen LogP contribution >= 0.6 is 25.0 Å². The topological polar surface area (TPSA) is 38.4 Å². The molecule has 0 aromatic heterocycles. The molecule has 0 fully saturated rings. The second kappa shape index (κ2) is 5.77. The van der Waals surface area contributed by atoms with Crippen molar-refractivity contribution in [2.75, 3.05) is 5.75 Å². The quantitative estimate of drug-likeness (QED) is 0.481. The third kappa shape index (κ3) is 2.68. The summed E-state index contributed by atoms with van der Waals surface area (Å²) in [6, 6.07) is 14.1. The van der Waals surface area contributed by atoms with Gasteiger partial charge in [-0.25, -0.2) is 4.99 Å². The summed E-state index contributed by atoms with van der Waals surface area (Å²) < 4.78 is 0. The van der Waals surface area contributed by atoms with Crippen LogP contribution in [0.3, 0.4) is 0 Å². The molecule has 0 spiro atoms. The van der Waals surface area contributed by atoms with Crippen molar-refractivity contribution in [1.29, 1.82) is 0 Å². The largest absolute Gasteiger partial charge is 0.386 e. The molecule has 0 saturated carbocycles. The first-order valence-corrected chi connectivity index (χ1v) is 5.36. The summed E-state index contributed by atoms with van der Waals surface area (Å²) in [6.07, 6.45) is 0. The average molecular weight is 253 g/mol. The number of nitrogens with zero attached hydrogens (tertiary/aromatic N) is 1. The molecule has 2 aromatic rings. The predicted octanol–water partition coefficient (Wildman–Crippen LogP) is 3.18. The molecular formula is C12H13ClN2S. The van der Waals surface area contributed by atoms with Crippen molar-refractivity contribution < 1.29 is 0 Å². The van der Waals surface area contributed by atoms with E-state index in [-0.39, 0.29) is 12.4 Å². The van der Waals surface area contributed by atoms with Gasteiger partial charge in [0.05, 0.1) is 5.69 Å². The van der Waals surface area contributed by atoms with Gasteiger partial charge in [-0.3, -0.25) is 0 Å². The zero-order valence-corrected chi connectivity index (χ0v) is 10.3. The molecule has 0 atom stereocenters. The highest BCUT2D eigenvalue weighted by Gasteiger charge is 1.98. The van der Waals surface area contributed by atoms with Crippen LogP contribution in [0.5, 0.6) is 0 Å². The second-order valence-electron chi connectivity index (χ2n) is 3.26. The summed E-state index contributed by atoms with van der Waals surface area (Å²) in [5, 5.41) is 2.29. The van der Waals surface area contributed by atoms with Crippen LogP contribution in [0, 0.1) is 0 Å². The number of amidine groups is 1. The number of halogens is 1. The number of thiol groups is 1. The number of benzene rings is 2. The molecule has 0 heterocycles. The number of hydrogen-bond acceptors (Lipinski definition) is 2. The van der Waals surface area contributed by atoms with Gasteiger partial charge in [-0.15, -0.1) is 12.4 Å². The zero-order valence-electron chi connectivity index (χ0n) is 8.63. The van der Waals surface area contributed by atoms with Crippen molar-refractivity contribution in [2.24, 2.45) is 10.7 Å². The van der Waals surface area contributed by atoms with Crippen LogP contribution in [0.4, 0.5) is 5.69 Å². The maximum atomic E-state index is 5.67. The van der Waals surface area contributed by atoms with Crippen molar-refractivity contribution in [3.05, 3.63) is 42.5 Å².